The van der Waals surface area contributed by atoms with Crippen molar-refractivity contribution in [3.05, 3.63) is 68.7 Å². The number of aryl methyl sites for hydroxylation is 2. The number of carbonyl (C=O) groups excluding carboxylic acids is 2. The van der Waals surface area contributed by atoms with E-state index in [4.69, 9.17) is 23.2 Å². The molecule has 3 rings (SSSR count). The van der Waals surface area contributed by atoms with Crippen molar-refractivity contribution >= 4 is 35.0 Å². The Hall–Kier alpha value is -2.04. The van der Waals surface area contributed by atoms with Crippen molar-refractivity contribution < 1.29 is 9.59 Å². The first-order valence-corrected chi connectivity index (χ1v) is 12.1. The van der Waals surface area contributed by atoms with Crippen LogP contribution in [0.3, 0.4) is 0 Å². The fraction of sp³-hybridized carbons (Fsp3) is 0.462. The number of nitrogens with zero attached hydrogens (tertiary/aromatic N) is 1. The molecule has 32 heavy (non-hydrogen) atoms. The summed E-state index contributed by atoms with van der Waals surface area (Å²) in [7, 11) is 0. The van der Waals surface area contributed by atoms with Gasteiger partial charge in [0.05, 0.1) is 6.42 Å². The van der Waals surface area contributed by atoms with Crippen LogP contribution in [0.4, 0.5) is 0 Å². The molecule has 4 nitrogen and oxygen atoms in total. The summed E-state index contributed by atoms with van der Waals surface area (Å²) in [6.07, 6.45) is 4.99. The fourth-order valence-corrected chi connectivity index (χ4v) is 5.10. The molecule has 1 unspecified atom stereocenters. The van der Waals surface area contributed by atoms with E-state index in [1.165, 1.54) is 0 Å². The lowest BCUT2D eigenvalue weighted by Crippen LogP contribution is -2.51. The lowest BCUT2D eigenvalue weighted by Gasteiger charge is -2.32. The molecule has 6 heteroatoms. The van der Waals surface area contributed by atoms with Gasteiger partial charge in [0, 0.05) is 28.2 Å². The molecule has 2 aromatic rings. The van der Waals surface area contributed by atoms with Gasteiger partial charge in [0.1, 0.15) is 6.04 Å². The predicted octanol–water partition coefficient (Wildman–Crippen LogP) is 6.02. The molecule has 0 heterocycles. The summed E-state index contributed by atoms with van der Waals surface area (Å²) < 4.78 is 0. The molecule has 172 valence electrons. The van der Waals surface area contributed by atoms with Gasteiger partial charge in [-0.05, 0) is 50.8 Å². The van der Waals surface area contributed by atoms with E-state index in [1.54, 1.807) is 23.1 Å². The second-order valence-corrected chi connectivity index (χ2v) is 9.62. The number of halogens is 2. The molecular formula is C26H32Cl2N2O2. The first kappa shape index (κ1) is 24.6. The predicted molar refractivity (Wildman–Crippen MR) is 131 cm³/mol. The zero-order valence-corrected chi connectivity index (χ0v) is 20.6. The van der Waals surface area contributed by atoms with E-state index in [2.05, 4.69) is 11.4 Å². The van der Waals surface area contributed by atoms with Crippen molar-refractivity contribution in [2.75, 3.05) is 0 Å². The highest BCUT2D eigenvalue weighted by atomic mass is 35.5. The molecule has 2 aromatic carbocycles. The first-order valence-electron chi connectivity index (χ1n) is 11.4. The summed E-state index contributed by atoms with van der Waals surface area (Å²) >= 11 is 12.8. The van der Waals surface area contributed by atoms with Crippen LogP contribution in [0.15, 0.2) is 36.4 Å². The maximum Gasteiger partial charge on any atom is 0.243 e. The standard InChI is InChI=1S/C26H32Cl2N2O2/c1-4-24(26(32)29-20-8-5-6-9-20)30(16-21-22(27)10-7-11-23(21)28)25(31)15-19-13-17(2)12-18(3)14-19/h7,10-14,20,24H,4-6,8-9,15-16H2,1-3H3,(H,29,32). The molecule has 1 fully saturated rings. The van der Waals surface area contributed by atoms with E-state index < -0.39 is 6.04 Å². The maximum absolute atomic E-state index is 13.6. The molecule has 0 saturated heterocycles. The van der Waals surface area contributed by atoms with Crippen LogP contribution in [0.5, 0.6) is 0 Å². The van der Waals surface area contributed by atoms with Crippen molar-refractivity contribution in [3.63, 3.8) is 0 Å². The minimum Gasteiger partial charge on any atom is -0.352 e. The van der Waals surface area contributed by atoms with Crippen LogP contribution in [-0.2, 0) is 22.6 Å². The molecule has 1 saturated carbocycles. The van der Waals surface area contributed by atoms with Crippen LogP contribution in [0, 0.1) is 13.8 Å². The largest absolute Gasteiger partial charge is 0.352 e. The lowest BCUT2D eigenvalue weighted by molar-refractivity contribution is -0.141. The van der Waals surface area contributed by atoms with E-state index >= 15 is 0 Å². The van der Waals surface area contributed by atoms with Crippen LogP contribution in [0.1, 0.15) is 61.3 Å². The van der Waals surface area contributed by atoms with Crippen molar-refractivity contribution in [2.45, 2.75) is 77.9 Å². The van der Waals surface area contributed by atoms with Crippen LogP contribution < -0.4 is 5.32 Å². The third-order valence-corrected chi connectivity index (χ3v) is 6.82. The van der Waals surface area contributed by atoms with E-state index in [0.29, 0.717) is 22.0 Å². The van der Waals surface area contributed by atoms with Gasteiger partial charge in [-0.25, -0.2) is 0 Å². The summed E-state index contributed by atoms with van der Waals surface area (Å²) in [4.78, 5) is 28.4. The Balaban J connectivity index is 1.89. The Labute approximate surface area is 201 Å². The number of benzene rings is 2. The van der Waals surface area contributed by atoms with E-state index in [1.807, 2.05) is 32.9 Å². The number of carbonyl (C=O) groups is 2. The topological polar surface area (TPSA) is 49.4 Å². The van der Waals surface area contributed by atoms with Crippen molar-refractivity contribution in [1.29, 1.82) is 0 Å². The average molecular weight is 475 g/mol. The minimum absolute atomic E-state index is 0.101. The Kier molecular flexibility index (Phi) is 8.61. The fourth-order valence-electron chi connectivity index (χ4n) is 4.59. The molecule has 0 radical (unpaired) electrons. The van der Waals surface area contributed by atoms with Gasteiger partial charge >= 0.3 is 0 Å². The second-order valence-electron chi connectivity index (χ2n) is 8.81. The summed E-state index contributed by atoms with van der Waals surface area (Å²) in [5, 5.41) is 4.15. The summed E-state index contributed by atoms with van der Waals surface area (Å²) in [5.74, 6) is -0.212. The van der Waals surface area contributed by atoms with Gasteiger partial charge in [-0.1, -0.05) is 78.4 Å². The van der Waals surface area contributed by atoms with Crippen molar-refractivity contribution in [3.8, 4) is 0 Å². The summed E-state index contributed by atoms with van der Waals surface area (Å²) in [5.41, 5.74) is 3.82. The van der Waals surface area contributed by atoms with Crippen molar-refractivity contribution in [1.82, 2.24) is 10.2 Å². The number of amides is 2. The highest BCUT2D eigenvalue weighted by Crippen LogP contribution is 2.28. The van der Waals surface area contributed by atoms with E-state index in [0.717, 1.165) is 42.4 Å². The van der Waals surface area contributed by atoms with Gasteiger partial charge in [0.25, 0.3) is 0 Å². The zero-order chi connectivity index (χ0) is 23.3. The second kappa shape index (κ2) is 11.2. The maximum atomic E-state index is 13.6. The third kappa shape index (κ3) is 6.26. The van der Waals surface area contributed by atoms with Crippen LogP contribution >= 0.6 is 23.2 Å². The highest BCUT2D eigenvalue weighted by Gasteiger charge is 2.31. The number of hydrogen-bond acceptors (Lipinski definition) is 2. The average Bonchev–Trinajstić information content (AvgIpc) is 3.22. The number of rotatable bonds is 8. The molecule has 1 aliphatic rings. The van der Waals surface area contributed by atoms with Crippen molar-refractivity contribution in [2.24, 2.45) is 0 Å². The SMILES string of the molecule is CCC(C(=O)NC1CCCC1)N(Cc1c(Cl)cccc1Cl)C(=O)Cc1cc(C)cc(C)c1. The molecule has 1 aliphatic carbocycles. The summed E-state index contributed by atoms with van der Waals surface area (Å²) in [6, 6.07) is 11.0. The molecule has 1 N–H and O–H groups in total. The van der Waals surface area contributed by atoms with Gasteiger partial charge in [-0.3, -0.25) is 9.59 Å². The number of hydrogen-bond donors (Lipinski definition) is 1. The quantitative estimate of drug-likeness (QED) is 0.508. The third-order valence-electron chi connectivity index (χ3n) is 6.11. The molecule has 0 spiro atoms. The van der Waals surface area contributed by atoms with Crippen LogP contribution in [-0.4, -0.2) is 28.8 Å². The molecule has 0 aliphatic heterocycles. The van der Waals surface area contributed by atoms with Crippen LogP contribution in [0.25, 0.3) is 0 Å². The lowest BCUT2D eigenvalue weighted by atomic mass is 10.0. The van der Waals surface area contributed by atoms with E-state index in [9.17, 15) is 9.59 Å². The molecule has 1 atom stereocenters. The monoisotopic (exact) mass is 474 g/mol. The molecular weight excluding hydrogens is 443 g/mol. The smallest absolute Gasteiger partial charge is 0.243 e. The Morgan fingerprint density at radius 2 is 1.66 bits per heavy atom. The van der Waals surface area contributed by atoms with E-state index in [-0.39, 0.29) is 30.8 Å². The first-order chi connectivity index (χ1) is 15.3. The zero-order valence-electron chi connectivity index (χ0n) is 19.1. The van der Waals surface area contributed by atoms with Gasteiger partial charge in [-0.15, -0.1) is 0 Å². The Morgan fingerprint density at radius 1 is 1.06 bits per heavy atom. The van der Waals surface area contributed by atoms with Gasteiger partial charge in [0.15, 0.2) is 0 Å². The van der Waals surface area contributed by atoms with Gasteiger partial charge in [0.2, 0.25) is 11.8 Å². The molecule has 2 amide bonds. The van der Waals surface area contributed by atoms with Gasteiger partial charge < -0.3 is 10.2 Å². The highest BCUT2D eigenvalue weighted by molar-refractivity contribution is 6.36. The van der Waals surface area contributed by atoms with Crippen LogP contribution in [0.2, 0.25) is 10.0 Å². The minimum atomic E-state index is -0.582. The Bertz CT molecular complexity index is 930. The molecule has 0 aromatic heterocycles. The normalized spacial score (nSPS) is 14.9. The number of nitrogens with one attached hydrogen (secondary N) is 1. The Morgan fingerprint density at radius 3 is 2.22 bits per heavy atom. The summed E-state index contributed by atoms with van der Waals surface area (Å²) in [6.45, 7) is 6.17. The molecule has 0 bridgehead atoms. The van der Waals surface area contributed by atoms with Gasteiger partial charge in [-0.2, -0.15) is 0 Å².